The predicted molar refractivity (Wildman–Crippen MR) is 41.1 cm³/mol. The van der Waals surface area contributed by atoms with Gasteiger partial charge in [-0.05, 0) is 12.8 Å². The van der Waals surface area contributed by atoms with Gasteiger partial charge in [0.05, 0.1) is 0 Å². The van der Waals surface area contributed by atoms with Gasteiger partial charge in [-0.1, -0.05) is 0 Å². The standard InChI is InChI=1S/C5H5FIN3/c6-5(1-2-5)3-8-4(7)10-9-3/h1-2H2,(H,8,9,10). The normalized spacial score (nSPS) is 21.0. The van der Waals surface area contributed by atoms with Crippen LogP contribution in [-0.2, 0) is 5.67 Å². The number of halogens is 2. The molecular formula is C5H5FIN3. The maximum absolute atomic E-state index is 13.1. The van der Waals surface area contributed by atoms with Crippen LogP contribution in [0.15, 0.2) is 0 Å². The van der Waals surface area contributed by atoms with Crippen LogP contribution in [0.25, 0.3) is 0 Å². The van der Waals surface area contributed by atoms with Gasteiger partial charge in [-0.25, -0.2) is 9.37 Å². The maximum atomic E-state index is 13.1. The van der Waals surface area contributed by atoms with E-state index in [1.165, 1.54) is 0 Å². The number of alkyl halides is 1. The van der Waals surface area contributed by atoms with E-state index in [4.69, 9.17) is 0 Å². The summed E-state index contributed by atoms with van der Waals surface area (Å²) in [5.74, 6) is 0.386. The largest absolute Gasteiger partial charge is 0.260 e. The van der Waals surface area contributed by atoms with Crippen LogP contribution in [0.5, 0.6) is 0 Å². The van der Waals surface area contributed by atoms with E-state index in [0.717, 1.165) is 0 Å². The number of hydrogen-bond donors (Lipinski definition) is 1. The van der Waals surface area contributed by atoms with Crippen molar-refractivity contribution < 1.29 is 4.39 Å². The fourth-order valence-electron chi connectivity index (χ4n) is 0.788. The van der Waals surface area contributed by atoms with Crippen molar-refractivity contribution in [3.63, 3.8) is 0 Å². The first kappa shape index (κ1) is 6.51. The number of H-pyrrole nitrogens is 1. The van der Waals surface area contributed by atoms with Gasteiger partial charge >= 0.3 is 0 Å². The fraction of sp³-hybridized carbons (Fsp3) is 0.600. The Hall–Kier alpha value is -0.200. The van der Waals surface area contributed by atoms with E-state index in [1.54, 1.807) is 0 Å². The molecule has 0 spiro atoms. The molecule has 0 atom stereocenters. The Morgan fingerprint density at radius 2 is 2.30 bits per heavy atom. The number of hydrogen-bond acceptors (Lipinski definition) is 2. The summed E-state index contributed by atoms with van der Waals surface area (Å²) in [4.78, 5) is 3.89. The van der Waals surface area contributed by atoms with Crippen molar-refractivity contribution in [1.29, 1.82) is 0 Å². The Labute approximate surface area is 70.6 Å². The second-order valence-electron chi connectivity index (χ2n) is 2.42. The van der Waals surface area contributed by atoms with E-state index < -0.39 is 5.67 Å². The lowest BCUT2D eigenvalue weighted by atomic mass is 10.4. The topological polar surface area (TPSA) is 41.6 Å². The third-order valence-electron chi connectivity index (χ3n) is 1.57. The molecule has 0 bridgehead atoms. The zero-order valence-corrected chi connectivity index (χ0v) is 7.22. The molecule has 1 aromatic rings. The van der Waals surface area contributed by atoms with Crippen molar-refractivity contribution in [1.82, 2.24) is 15.2 Å². The van der Waals surface area contributed by atoms with Crippen LogP contribution in [0.3, 0.4) is 0 Å². The number of aromatic amines is 1. The molecule has 1 aliphatic carbocycles. The zero-order chi connectivity index (χ0) is 7.19. The smallest absolute Gasteiger partial charge is 0.211 e. The van der Waals surface area contributed by atoms with E-state index in [9.17, 15) is 4.39 Å². The highest BCUT2D eigenvalue weighted by atomic mass is 127. The van der Waals surface area contributed by atoms with Gasteiger partial charge in [0.25, 0.3) is 0 Å². The van der Waals surface area contributed by atoms with Crippen molar-refractivity contribution in [2.45, 2.75) is 18.5 Å². The van der Waals surface area contributed by atoms with Gasteiger partial charge in [-0.2, -0.15) is 0 Å². The van der Waals surface area contributed by atoms with Crippen molar-refractivity contribution in [3.8, 4) is 0 Å². The first-order valence-electron chi connectivity index (χ1n) is 2.98. The Kier molecular flexibility index (Phi) is 1.23. The van der Waals surface area contributed by atoms with Crippen LogP contribution in [-0.4, -0.2) is 15.2 Å². The van der Waals surface area contributed by atoms with Gasteiger partial charge in [-0.15, -0.1) is 5.10 Å². The Morgan fingerprint density at radius 1 is 1.60 bits per heavy atom. The summed E-state index contributed by atoms with van der Waals surface area (Å²) < 4.78 is 13.7. The van der Waals surface area contributed by atoms with Gasteiger partial charge in [0, 0.05) is 22.6 Å². The van der Waals surface area contributed by atoms with E-state index in [1.807, 2.05) is 22.6 Å². The van der Waals surface area contributed by atoms with Gasteiger partial charge in [0.1, 0.15) is 0 Å². The monoisotopic (exact) mass is 253 g/mol. The third kappa shape index (κ3) is 0.920. The lowest BCUT2D eigenvalue weighted by Crippen LogP contribution is -1.99. The molecule has 1 saturated carbocycles. The number of rotatable bonds is 1. The van der Waals surface area contributed by atoms with Crippen LogP contribution >= 0.6 is 22.6 Å². The molecule has 0 unspecified atom stereocenters. The lowest BCUT2D eigenvalue weighted by molar-refractivity contribution is 0.301. The lowest BCUT2D eigenvalue weighted by Gasteiger charge is -1.94. The minimum Gasteiger partial charge on any atom is -0.260 e. The van der Waals surface area contributed by atoms with Crippen LogP contribution in [0.1, 0.15) is 18.7 Å². The van der Waals surface area contributed by atoms with Crippen molar-refractivity contribution >= 4 is 22.6 Å². The Bertz CT molecular complexity index is 255. The minimum atomic E-state index is -1.17. The predicted octanol–water partition coefficient (Wildman–Crippen LogP) is 1.37. The summed E-state index contributed by atoms with van der Waals surface area (Å²) in [6.45, 7) is 0. The quantitative estimate of drug-likeness (QED) is 0.768. The highest BCUT2D eigenvalue weighted by molar-refractivity contribution is 14.1. The zero-order valence-electron chi connectivity index (χ0n) is 5.06. The average molecular weight is 253 g/mol. The number of nitrogens with one attached hydrogen (secondary N) is 1. The van der Waals surface area contributed by atoms with Crippen LogP contribution < -0.4 is 0 Å². The molecule has 1 fully saturated rings. The third-order valence-corrected chi connectivity index (χ3v) is 2.05. The number of aromatic nitrogens is 3. The fourth-order valence-corrected chi connectivity index (χ4v) is 1.15. The summed E-state index contributed by atoms with van der Waals surface area (Å²) in [7, 11) is 0. The SMILES string of the molecule is FC1(c2nc(I)n[nH]2)CC1. The molecular weight excluding hydrogens is 248 g/mol. The molecule has 1 aliphatic rings. The summed E-state index contributed by atoms with van der Waals surface area (Å²) in [5, 5.41) is 6.30. The van der Waals surface area contributed by atoms with E-state index in [0.29, 0.717) is 22.5 Å². The van der Waals surface area contributed by atoms with Crippen LogP contribution in [0.2, 0.25) is 0 Å². The highest BCUT2D eigenvalue weighted by Crippen LogP contribution is 2.47. The summed E-state index contributed by atoms with van der Waals surface area (Å²) in [6.07, 6.45) is 1.16. The Balaban J connectivity index is 2.34. The highest BCUT2D eigenvalue weighted by Gasteiger charge is 2.48. The first-order chi connectivity index (χ1) is 4.71. The molecule has 54 valence electrons. The van der Waals surface area contributed by atoms with Crippen LogP contribution in [0.4, 0.5) is 4.39 Å². The van der Waals surface area contributed by atoms with Crippen LogP contribution in [0, 0.1) is 3.83 Å². The molecule has 1 aromatic heterocycles. The molecule has 1 heterocycles. The van der Waals surface area contributed by atoms with E-state index >= 15 is 0 Å². The molecule has 0 amide bonds. The summed E-state index contributed by atoms with van der Waals surface area (Å²) in [6, 6.07) is 0. The number of nitrogens with zero attached hydrogens (tertiary/aromatic N) is 2. The second-order valence-corrected chi connectivity index (χ2v) is 3.38. The molecule has 1 N–H and O–H groups in total. The molecule has 3 nitrogen and oxygen atoms in total. The van der Waals surface area contributed by atoms with Gasteiger partial charge in [-0.3, -0.25) is 5.10 Å². The Morgan fingerprint density at radius 3 is 2.70 bits per heavy atom. The van der Waals surface area contributed by atoms with Crippen molar-refractivity contribution in [3.05, 3.63) is 9.66 Å². The van der Waals surface area contributed by atoms with Gasteiger partial charge in [0.15, 0.2) is 11.5 Å². The molecule has 0 radical (unpaired) electrons. The van der Waals surface area contributed by atoms with E-state index in [2.05, 4.69) is 15.2 Å². The van der Waals surface area contributed by atoms with Gasteiger partial charge in [0.2, 0.25) is 3.83 Å². The van der Waals surface area contributed by atoms with Gasteiger partial charge < -0.3 is 0 Å². The van der Waals surface area contributed by atoms with Crippen molar-refractivity contribution in [2.75, 3.05) is 0 Å². The summed E-state index contributed by atoms with van der Waals surface area (Å²) >= 11 is 1.95. The second kappa shape index (κ2) is 1.90. The maximum Gasteiger partial charge on any atom is 0.211 e. The molecule has 0 saturated heterocycles. The molecule has 5 heteroatoms. The van der Waals surface area contributed by atoms with E-state index in [-0.39, 0.29) is 0 Å². The molecule has 0 aromatic carbocycles. The first-order valence-corrected chi connectivity index (χ1v) is 4.06. The molecule has 2 rings (SSSR count). The molecule has 10 heavy (non-hydrogen) atoms. The average Bonchev–Trinajstić information content (AvgIpc) is 2.45. The summed E-state index contributed by atoms with van der Waals surface area (Å²) in [5.41, 5.74) is -1.17. The molecule has 0 aliphatic heterocycles. The van der Waals surface area contributed by atoms with Crippen molar-refractivity contribution in [2.24, 2.45) is 0 Å². The minimum absolute atomic E-state index is 0.386.